The number of amides is 3. The van der Waals surface area contributed by atoms with Gasteiger partial charge in [-0.2, -0.15) is 0 Å². The molecular weight excluding hydrogens is 462 g/mol. The van der Waals surface area contributed by atoms with Crippen LogP contribution in [-0.2, 0) is 23.9 Å². The summed E-state index contributed by atoms with van der Waals surface area (Å²) in [5.41, 5.74) is 0.304. The SMILES string of the molecule is C=CCC(C)CC(=O)N[C@@H](C)C(=O)N[C@@H](C/C(C)=C/C=C/OCCN(C)C(=O)OC(C)(C)C)C(C)=O. The minimum atomic E-state index is -0.758. The molecule has 1 unspecified atom stereocenters. The summed E-state index contributed by atoms with van der Waals surface area (Å²) in [4.78, 5) is 50.0. The van der Waals surface area contributed by atoms with Crippen molar-refractivity contribution in [3.05, 3.63) is 36.6 Å². The number of hydrogen-bond donors (Lipinski definition) is 2. The molecule has 0 bridgehead atoms. The maximum absolute atomic E-state index is 12.5. The number of likely N-dealkylation sites (N-methyl/N-ethyl adjacent to an activating group) is 1. The van der Waals surface area contributed by atoms with E-state index in [-0.39, 0.29) is 17.6 Å². The van der Waals surface area contributed by atoms with Gasteiger partial charge in [-0.05, 0) is 66.4 Å². The van der Waals surface area contributed by atoms with Gasteiger partial charge in [0, 0.05) is 13.5 Å². The normalized spacial score (nSPS) is 14.4. The van der Waals surface area contributed by atoms with Crippen molar-refractivity contribution >= 4 is 23.7 Å². The number of ketones is 1. The molecule has 3 amide bonds. The van der Waals surface area contributed by atoms with E-state index >= 15 is 0 Å². The standard InChI is InChI=1S/C27H45N3O6/c1-10-12-19(2)18-24(32)28-21(4)25(33)29-23(22(5)31)17-20(3)13-11-15-35-16-14-30(9)26(34)36-27(6,7)8/h10-11,13,15,19,21,23H,1,12,14,16-18H2,2-9H3,(H,28,32)(H,29,33)/b15-11+,20-13+/t19?,21-,23-/m0/s1. The third kappa shape index (κ3) is 15.7. The fourth-order valence-electron chi connectivity index (χ4n) is 2.98. The van der Waals surface area contributed by atoms with Crippen molar-refractivity contribution in [1.29, 1.82) is 0 Å². The van der Waals surface area contributed by atoms with Gasteiger partial charge in [-0.3, -0.25) is 14.4 Å². The van der Waals surface area contributed by atoms with E-state index in [0.717, 1.165) is 5.57 Å². The Labute approximate surface area is 216 Å². The van der Waals surface area contributed by atoms with Crippen LogP contribution in [0.5, 0.6) is 0 Å². The highest BCUT2D eigenvalue weighted by atomic mass is 16.6. The Balaban J connectivity index is 4.61. The number of carbonyl (C=O) groups is 4. The summed E-state index contributed by atoms with van der Waals surface area (Å²) >= 11 is 0. The van der Waals surface area contributed by atoms with Gasteiger partial charge in [0.05, 0.1) is 18.8 Å². The Morgan fingerprint density at radius 3 is 2.25 bits per heavy atom. The number of hydrogen-bond acceptors (Lipinski definition) is 6. The number of carbonyl (C=O) groups excluding carboxylic acids is 4. The molecule has 0 rings (SSSR count). The largest absolute Gasteiger partial charge is 0.499 e. The third-order valence-electron chi connectivity index (χ3n) is 5.01. The van der Waals surface area contributed by atoms with E-state index in [1.165, 1.54) is 18.1 Å². The summed E-state index contributed by atoms with van der Waals surface area (Å²) in [5.74, 6) is -0.677. The van der Waals surface area contributed by atoms with Crippen LogP contribution in [0, 0.1) is 5.92 Å². The van der Waals surface area contributed by atoms with Crippen LogP contribution in [0.2, 0.25) is 0 Å². The van der Waals surface area contributed by atoms with E-state index in [0.29, 0.717) is 32.4 Å². The number of Topliss-reactive ketones (excluding diaryl/α,β-unsaturated/α-hetero) is 1. The quantitative estimate of drug-likeness (QED) is 0.150. The van der Waals surface area contributed by atoms with Crippen LogP contribution in [0.25, 0.3) is 0 Å². The minimum absolute atomic E-state index is 0.137. The highest BCUT2D eigenvalue weighted by Gasteiger charge is 2.23. The van der Waals surface area contributed by atoms with E-state index in [2.05, 4.69) is 17.2 Å². The first kappa shape index (κ1) is 32.9. The van der Waals surface area contributed by atoms with E-state index in [9.17, 15) is 19.2 Å². The van der Waals surface area contributed by atoms with Crippen LogP contribution < -0.4 is 10.6 Å². The van der Waals surface area contributed by atoms with Crippen LogP contribution >= 0.6 is 0 Å². The molecule has 0 aliphatic rings. The molecule has 0 fully saturated rings. The molecule has 0 saturated heterocycles. The first-order valence-corrected chi connectivity index (χ1v) is 12.2. The van der Waals surface area contributed by atoms with Crippen LogP contribution in [0.4, 0.5) is 4.79 Å². The van der Waals surface area contributed by atoms with Crippen LogP contribution in [0.15, 0.2) is 36.6 Å². The van der Waals surface area contributed by atoms with Gasteiger partial charge in [-0.25, -0.2) is 4.79 Å². The second-order valence-corrected chi connectivity index (χ2v) is 10.1. The summed E-state index contributed by atoms with van der Waals surface area (Å²) in [5, 5.41) is 5.39. The molecule has 0 heterocycles. The van der Waals surface area contributed by atoms with Crippen molar-refractivity contribution < 1.29 is 28.7 Å². The summed E-state index contributed by atoms with van der Waals surface area (Å²) in [6.45, 7) is 16.5. The predicted molar refractivity (Wildman–Crippen MR) is 141 cm³/mol. The molecule has 3 atom stereocenters. The molecule has 9 nitrogen and oxygen atoms in total. The summed E-state index contributed by atoms with van der Waals surface area (Å²) in [6.07, 6.45) is 7.65. The predicted octanol–water partition coefficient (Wildman–Crippen LogP) is 3.90. The summed E-state index contributed by atoms with van der Waals surface area (Å²) < 4.78 is 10.7. The molecule has 0 radical (unpaired) electrons. The van der Waals surface area contributed by atoms with E-state index in [1.807, 2.05) is 13.8 Å². The lowest BCUT2D eigenvalue weighted by Crippen LogP contribution is -2.50. The molecule has 36 heavy (non-hydrogen) atoms. The molecule has 0 aromatic heterocycles. The van der Waals surface area contributed by atoms with E-state index in [4.69, 9.17) is 9.47 Å². The minimum Gasteiger partial charge on any atom is -0.499 e. The number of rotatable bonds is 15. The lowest BCUT2D eigenvalue weighted by molar-refractivity contribution is -0.131. The van der Waals surface area contributed by atoms with E-state index < -0.39 is 29.7 Å². The van der Waals surface area contributed by atoms with Crippen molar-refractivity contribution in [2.75, 3.05) is 20.2 Å². The number of ether oxygens (including phenoxy) is 2. The van der Waals surface area contributed by atoms with E-state index in [1.54, 1.807) is 53.0 Å². The van der Waals surface area contributed by atoms with Crippen molar-refractivity contribution in [2.24, 2.45) is 5.92 Å². The Kier molecular flexibility index (Phi) is 15.1. The maximum Gasteiger partial charge on any atom is 0.410 e. The van der Waals surface area contributed by atoms with Crippen molar-refractivity contribution in [1.82, 2.24) is 15.5 Å². The molecule has 0 aliphatic carbocycles. The zero-order valence-corrected chi connectivity index (χ0v) is 23.2. The summed E-state index contributed by atoms with van der Waals surface area (Å²) in [7, 11) is 1.64. The Hall–Kier alpha value is -3.10. The van der Waals surface area contributed by atoms with Crippen LogP contribution in [0.1, 0.15) is 67.7 Å². The van der Waals surface area contributed by atoms with Gasteiger partial charge < -0.3 is 25.0 Å². The first-order valence-electron chi connectivity index (χ1n) is 12.2. The third-order valence-corrected chi connectivity index (χ3v) is 5.01. The van der Waals surface area contributed by atoms with Crippen molar-refractivity contribution in [3.8, 4) is 0 Å². The van der Waals surface area contributed by atoms with Gasteiger partial charge in [0.2, 0.25) is 11.8 Å². The van der Waals surface area contributed by atoms with Gasteiger partial charge in [-0.15, -0.1) is 6.58 Å². The Bertz CT molecular complexity index is 813. The molecule has 0 aliphatic heterocycles. The topological polar surface area (TPSA) is 114 Å². The highest BCUT2D eigenvalue weighted by Crippen LogP contribution is 2.10. The monoisotopic (exact) mass is 507 g/mol. The van der Waals surface area contributed by atoms with Crippen LogP contribution in [-0.4, -0.2) is 66.5 Å². The number of allylic oxidation sites excluding steroid dienone is 3. The number of nitrogens with zero attached hydrogens (tertiary/aromatic N) is 1. The molecule has 0 aromatic carbocycles. The van der Waals surface area contributed by atoms with Gasteiger partial charge >= 0.3 is 6.09 Å². The van der Waals surface area contributed by atoms with Crippen molar-refractivity contribution in [3.63, 3.8) is 0 Å². The molecule has 9 heteroatoms. The summed E-state index contributed by atoms with van der Waals surface area (Å²) in [6, 6.07) is -1.46. The Morgan fingerprint density at radius 1 is 1.06 bits per heavy atom. The van der Waals surface area contributed by atoms with Gasteiger partial charge in [0.15, 0.2) is 5.78 Å². The molecule has 0 saturated carbocycles. The lowest BCUT2D eigenvalue weighted by atomic mass is 10.0. The second-order valence-electron chi connectivity index (χ2n) is 10.1. The molecule has 204 valence electrons. The molecule has 0 aromatic rings. The molecule has 2 N–H and O–H groups in total. The van der Waals surface area contributed by atoms with Crippen LogP contribution in [0.3, 0.4) is 0 Å². The lowest BCUT2D eigenvalue weighted by Gasteiger charge is -2.24. The second kappa shape index (κ2) is 16.5. The fourth-order valence-corrected chi connectivity index (χ4v) is 2.98. The zero-order valence-electron chi connectivity index (χ0n) is 23.2. The molecular formula is C27H45N3O6. The number of nitrogens with one attached hydrogen (secondary N) is 2. The highest BCUT2D eigenvalue weighted by molar-refractivity contribution is 5.91. The first-order chi connectivity index (χ1) is 16.7. The van der Waals surface area contributed by atoms with Crippen molar-refractivity contribution in [2.45, 2.75) is 85.4 Å². The maximum atomic E-state index is 12.5. The zero-order chi connectivity index (χ0) is 27.9. The molecule has 0 spiro atoms. The fraction of sp³-hybridized carbons (Fsp3) is 0.630. The van der Waals surface area contributed by atoms with Gasteiger partial charge in [0.25, 0.3) is 0 Å². The smallest absolute Gasteiger partial charge is 0.410 e. The average Bonchev–Trinajstić information content (AvgIpc) is 2.73. The average molecular weight is 508 g/mol. The van der Waals surface area contributed by atoms with Gasteiger partial charge in [0.1, 0.15) is 18.2 Å². The Morgan fingerprint density at radius 2 is 1.69 bits per heavy atom. The van der Waals surface area contributed by atoms with Gasteiger partial charge in [-0.1, -0.05) is 24.6 Å².